The fourth-order valence-electron chi connectivity index (χ4n) is 4.07. The first-order valence-electron chi connectivity index (χ1n) is 10.5. The van der Waals surface area contributed by atoms with E-state index in [1.807, 2.05) is 39.0 Å². The van der Waals surface area contributed by atoms with E-state index in [0.717, 1.165) is 12.1 Å². The molecule has 3 rings (SSSR count). The van der Waals surface area contributed by atoms with Crippen molar-refractivity contribution < 1.29 is 19.2 Å². The number of hydrogen-bond donors (Lipinski definition) is 0. The van der Waals surface area contributed by atoms with E-state index in [1.165, 1.54) is 10.5 Å². The quantitative estimate of drug-likeness (QED) is 0.726. The molecule has 1 saturated heterocycles. The van der Waals surface area contributed by atoms with Gasteiger partial charge in [-0.1, -0.05) is 49.3 Å². The van der Waals surface area contributed by atoms with Crippen LogP contribution in [0.3, 0.4) is 0 Å². The maximum Gasteiger partial charge on any atom is 0.417 e. The van der Waals surface area contributed by atoms with Crippen LogP contribution < -0.4 is 0 Å². The number of carbonyl (C=O) groups is 2. The van der Waals surface area contributed by atoms with E-state index in [4.69, 9.17) is 9.57 Å². The van der Waals surface area contributed by atoms with E-state index in [0.29, 0.717) is 25.2 Å². The Labute approximate surface area is 173 Å². The lowest BCUT2D eigenvalue weighted by Crippen LogP contribution is -2.44. The van der Waals surface area contributed by atoms with Crippen LogP contribution in [0.1, 0.15) is 59.4 Å². The third kappa shape index (κ3) is 5.37. The van der Waals surface area contributed by atoms with Gasteiger partial charge in [0.2, 0.25) is 5.91 Å². The number of hydrogen-bond acceptors (Lipinski definition) is 5. The maximum atomic E-state index is 13.2. The van der Waals surface area contributed by atoms with E-state index in [9.17, 15) is 9.59 Å². The monoisotopic (exact) mass is 400 g/mol. The normalized spacial score (nSPS) is 24.6. The van der Waals surface area contributed by atoms with Crippen molar-refractivity contribution in [3.8, 4) is 0 Å². The van der Waals surface area contributed by atoms with Crippen molar-refractivity contribution in [2.45, 2.75) is 78.0 Å². The van der Waals surface area contributed by atoms with Crippen molar-refractivity contribution in [1.29, 1.82) is 0 Å². The van der Waals surface area contributed by atoms with Crippen molar-refractivity contribution in [2.75, 3.05) is 0 Å². The van der Waals surface area contributed by atoms with Crippen molar-refractivity contribution in [3.63, 3.8) is 0 Å². The number of carbonyl (C=O) groups excluding carboxylic acids is 2. The summed E-state index contributed by atoms with van der Waals surface area (Å²) in [6.45, 7) is 9.62. The summed E-state index contributed by atoms with van der Waals surface area (Å²) in [5.74, 6) is -0.208. The van der Waals surface area contributed by atoms with Gasteiger partial charge in [-0.25, -0.2) is 9.69 Å². The summed E-state index contributed by atoms with van der Waals surface area (Å²) in [5.41, 5.74) is 1.46. The number of nitrogens with zero attached hydrogens (tertiary/aromatic N) is 2. The SMILES string of the molecule is CC(C)C[C@H]1C[C@@H](C2CC(Cc3ccccc3)=NO2)C(=O)N1C(=O)OC(C)(C)C. The first-order valence-corrected chi connectivity index (χ1v) is 10.5. The van der Waals surface area contributed by atoms with Crippen LogP contribution in [0.4, 0.5) is 4.79 Å². The van der Waals surface area contributed by atoms with Crippen LogP contribution in [0.2, 0.25) is 0 Å². The third-order valence-corrected chi connectivity index (χ3v) is 5.23. The van der Waals surface area contributed by atoms with Crippen LogP contribution in [-0.2, 0) is 20.8 Å². The summed E-state index contributed by atoms with van der Waals surface area (Å²) in [4.78, 5) is 32.9. The van der Waals surface area contributed by atoms with E-state index in [1.54, 1.807) is 0 Å². The Bertz CT molecular complexity index is 767. The van der Waals surface area contributed by atoms with Gasteiger partial charge in [-0.05, 0) is 45.1 Å². The van der Waals surface area contributed by atoms with Gasteiger partial charge in [0, 0.05) is 18.9 Å². The Morgan fingerprint density at radius 1 is 1.28 bits per heavy atom. The smallest absolute Gasteiger partial charge is 0.417 e. The molecule has 0 radical (unpaired) electrons. The molecule has 6 nitrogen and oxygen atoms in total. The summed E-state index contributed by atoms with van der Waals surface area (Å²) in [6, 6.07) is 9.93. The fourth-order valence-corrected chi connectivity index (χ4v) is 4.07. The Kier molecular flexibility index (Phi) is 6.30. The summed E-state index contributed by atoms with van der Waals surface area (Å²) in [6.07, 6.45) is 1.80. The molecule has 2 aliphatic rings. The molecule has 0 bridgehead atoms. The molecule has 2 heterocycles. The Balaban J connectivity index is 1.68. The van der Waals surface area contributed by atoms with Crippen molar-refractivity contribution in [1.82, 2.24) is 4.90 Å². The number of amides is 2. The molecule has 158 valence electrons. The molecule has 6 heteroatoms. The molecule has 0 aliphatic carbocycles. The summed E-state index contributed by atoms with van der Waals surface area (Å²) in [5, 5.41) is 4.24. The highest BCUT2D eigenvalue weighted by Crippen LogP contribution is 2.36. The minimum Gasteiger partial charge on any atom is -0.443 e. The van der Waals surface area contributed by atoms with Crippen LogP contribution in [0.25, 0.3) is 0 Å². The van der Waals surface area contributed by atoms with Crippen LogP contribution in [0, 0.1) is 11.8 Å². The maximum absolute atomic E-state index is 13.2. The van der Waals surface area contributed by atoms with Crippen molar-refractivity contribution in [2.24, 2.45) is 17.0 Å². The van der Waals surface area contributed by atoms with Gasteiger partial charge in [0.25, 0.3) is 0 Å². The first-order chi connectivity index (χ1) is 13.6. The largest absolute Gasteiger partial charge is 0.443 e. The van der Waals surface area contributed by atoms with Crippen LogP contribution in [0.5, 0.6) is 0 Å². The molecule has 0 aromatic heterocycles. The molecule has 1 aromatic carbocycles. The second-order valence-corrected chi connectivity index (χ2v) is 9.48. The number of benzene rings is 1. The Morgan fingerprint density at radius 3 is 2.59 bits per heavy atom. The highest BCUT2D eigenvalue weighted by atomic mass is 16.6. The lowest BCUT2D eigenvalue weighted by Gasteiger charge is -2.28. The molecule has 29 heavy (non-hydrogen) atoms. The number of rotatable bonds is 5. The summed E-state index contributed by atoms with van der Waals surface area (Å²) in [7, 11) is 0. The molecular formula is C23H32N2O4. The number of ether oxygens (including phenoxy) is 1. The van der Waals surface area contributed by atoms with Crippen molar-refractivity contribution >= 4 is 17.7 Å². The second kappa shape index (κ2) is 8.56. The minimum absolute atomic E-state index is 0.163. The third-order valence-electron chi connectivity index (χ3n) is 5.23. The van der Waals surface area contributed by atoms with E-state index in [-0.39, 0.29) is 24.0 Å². The van der Waals surface area contributed by atoms with Gasteiger partial charge < -0.3 is 9.57 Å². The van der Waals surface area contributed by atoms with Gasteiger partial charge in [-0.3, -0.25) is 4.79 Å². The molecule has 3 atom stereocenters. The lowest BCUT2D eigenvalue weighted by molar-refractivity contribution is -0.134. The van der Waals surface area contributed by atoms with Gasteiger partial charge in [-0.15, -0.1) is 0 Å². The molecule has 0 N–H and O–H groups in total. The molecular weight excluding hydrogens is 368 g/mol. The molecule has 2 aliphatic heterocycles. The summed E-state index contributed by atoms with van der Waals surface area (Å²) < 4.78 is 5.51. The minimum atomic E-state index is -0.645. The fraction of sp³-hybridized carbons (Fsp3) is 0.609. The highest BCUT2D eigenvalue weighted by Gasteiger charge is 2.49. The zero-order valence-electron chi connectivity index (χ0n) is 18.1. The zero-order chi connectivity index (χ0) is 21.2. The standard InChI is InChI=1S/C23H32N2O4/c1-15(2)11-18-14-19(21(26)25(18)22(27)28-23(3,4)5)20-13-17(24-29-20)12-16-9-7-6-8-10-16/h6-10,15,18-20H,11-14H2,1-5H3/t18-,19-,20?/m0/s1. The summed E-state index contributed by atoms with van der Waals surface area (Å²) >= 11 is 0. The predicted octanol–water partition coefficient (Wildman–Crippen LogP) is 4.57. The van der Waals surface area contributed by atoms with Crippen LogP contribution in [-0.4, -0.2) is 40.4 Å². The second-order valence-electron chi connectivity index (χ2n) is 9.48. The Morgan fingerprint density at radius 2 is 1.97 bits per heavy atom. The first kappa shape index (κ1) is 21.3. The van der Waals surface area contributed by atoms with Crippen molar-refractivity contribution in [3.05, 3.63) is 35.9 Å². The topological polar surface area (TPSA) is 68.2 Å². The molecule has 2 amide bonds. The predicted molar refractivity (Wildman–Crippen MR) is 112 cm³/mol. The average molecular weight is 401 g/mol. The molecule has 1 aromatic rings. The molecule has 1 unspecified atom stereocenters. The van der Waals surface area contributed by atoms with E-state index < -0.39 is 11.7 Å². The molecule has 0 spiro atoms. The average Bonchev–Trinajstić information content (AvgIpc) is 3.18. The Hall–Kier alpha value is -2.37. The van der Waals surface area contributed by atoms with E-state index in [2.05, 4.69) is 31.1 Å². The molecule has 0 saturated carbocycles. The van der Waals surface area contributed by atoms with E-state index >= 15 is 0 Å². The van der Waals surface area contributed by atoms with Gasteiger partial charge >= 0.3 is 6.09 Å². The number of oxime groups is 1. The van der Waals surface area contributed by atoms with Crippen LogP contribution >= 0.6 is 0 Å². The van der Waals surface area contributed by atoms with Gasteiger partial charge in [0.1, 0.15) is 11.7 Å². The number of likely N-dealkylation sites (tertiary alicyclic amines) is 1. The van der Waals surface area contributed by atoms with Gasteiger partial charge in [0.15, 0.2) is 0 Å². The molecule has 1 fully saturated rings. The van der Waals surface area contributed by atoms with Gasteiger partial charge in [-0.2, -0.15) is 0 Å². The van der Waals surface area contributed by atoms with Crippen LogP contribution in [0.15, 0.2) is 35.5 Å². The highest BCUT2D eigenvalue weighted by molar-refractivity contribution is 5.97. The number of imide groups is 1. The van der Waals surface area contributed by atoms with Gasteiger partial charge in [0.05, 0.1) is 11.6 Å². The lowest BCUT2D eigenvalue weighted by atomic mass is 9.91. The zero-order valence-corrected chi connectivity index (χ0v) is 18.1.